The molecule has 22 heavy (non-hydrogen) atoms. The normalized spacial score (nSPS) is 15.5. The lowest BCUT2D eigenvalue weighted by atomic mass is 9.97. The third kappa shape index (κ3) is 3.33. The molecule has 1 N–H and O–H groups in total. The van der Waals surface area contributed by atoms with Crippen molar-refractivity contribution in [2.45, 2.75) is 12.8 Å². The predicted octanol–water partition coefficient (Wildman–Crippen LogP) is 2.57. The average Bonchev–Trinajstić information content (AvgIpc) is 2.56. The van der Waals surface area contributed by atoms with Gasteiger partial charge in [-0.1, -0.05) is 18.2 Å². The number of anilines is 1. The van der Waals surface area contributed by atoms with Crippen molar-refractivity contribution in [3.8, 4) is 11.6 Å². The molecule has 3 rings (SSSR count). The van der Waals surface area contributed by atoms with Crippen molar-refractivity contribution in [2.24, 2.45) is 5.92 Å². The number of para-hydroxylation sites is 1. The van der Waals surface area contributed by atoms with Crippen molar-refractivity contribution in [1.82, 2.24) is 9.97 Å². The van der Waals surface area contributed by atoms with Crippen LogP contribution in [0.15, 0.2) is 42.7 Å². The molecule has 1 fully saturated rings. The molecule has 0 saturated carbocycles. The van der Waals surface area contributed by atoms with Gasteiger partial charge < -0.3 is 14.7 Å². The van der Waals surface area contributed by atoms with E-state index in [0.29, 0.717) is 31.8 Å². The van der Waals surface area contributed by atoms with Gasteiger partial charge in [0.1, 0.15) is 17.9 Å². The third-order valence-electron chi connectivity index (χ3n) is 3.76. The van der Waals surface area contributed by atoms with Crippen LogP contribution in [-0.2, 0) is 4.79 Å². The van der Waals surface area contributed by atoms with E-state index >= 15 is 0 Å². The second-order valence-electron chi connectivity index (χ2n) is 5.23. The first-order valence-electron chi connectivity index (χ1n) is 7.25. The molecular weight excluding hydrogens is 282 g/mol. The Hall–Kier alpha value is -2.63. The van der Waals surface area contributed by atoms with E-state index in [2.05, 4.69) is 14.9 Å². The highest BCUT2D eigenvalue weighted by atomic mass is 16.5. The Morgan fingerprint density at radius 1 is 1.18 bits per heavy atom. The zero-order valence-electron chi connectivity index (χ0n) is 12.1. The summed E-state index contributed by atoms with van der Waals surface area (Å²) in [6.07, 6.45) is 2.74. The molecule has 0 unspecified atom stereocenters. The number of carboxylic acid groups (broad SMARTS) is 1. The van der Waals surface area contributed by atoms with Crippen LogP contribution in [0.4, 0.5) is 5.82 Å². The third-order valence-corrected chi connectivity index (χ3v) is 3.76. The van der Waals surface area contributed by atoms with Gasteiger partial charge in [0.2, 0.25) is 5.88 Å². The molecule has 1 aromatic heterocycles. The van der Waals surface area contributed by atoms with Crippen molar-refractivity contribution in [3.05, 3.63) is 42.7 Å². The summed E-state index contributed by atoms with van der Waals surface area (Å²) in [5, 5.41) is 9.04. The summed E-state index contributed by atoms with van der Waals surface area (Å²) in [7, 11) is 0. The van der Waals surface area contributed by atoms with E-state index in [1.807, 2.05) is 30.3 Å². The van der Waals surface area contributed by atoms with Crippen LogP contribution in [0.2, 0.25) is 0 Å². The smallest absolute Gasteiger partial charge is 0.306 e. The van der Waals surface area contributed by atoms with Gasteiger partial charge in [-0.3, -0.25) is 4.79 Å². The van der Waals surface area contributed by atoms with Gasteiger partial charge in [0.05, 0.1) is 5.92 Å². The summed E-state index contributed by atoms with van der Waals surface area (Å²) in [5.74, 6) is 1.01. The van der Waals surface area contributed by atoms with Crippen molar-refractivity contribution in [3.63, 3.8) is 0 Å². The van der Waals surface area contributed by atoms with Crippen LogP contribution in [0, 0.1) is 5.92 Å². The number of ether oxygens (including phenoxy) is 1. The minimum atomic E-state index is -0.713. The first kappa shape index (κ1) is 14.3. The lowest BCUT2D eigenvalue weighted by Crippen LogP contribution is -2.36. The van der Waals surface area contributed by atoms with Crippen molar-refractivity contribution in [1.29, 1.82) is 0 Å². The van der Waals surface area contributed by atoms with Gasteiger partial charge in [-0.25, -0.2) is 9.97 Å². The SMILES string of the molecule is O=C(O)C1CCN(c2cc(Oc3ccccc3)ncn2)CC1. The van der Waals surface area contributed by atoms with Gasteiger partial charge in [-0.2, -0.15) is 0 Å². The Labute approximate surface area is 128 Å². The Morgan fingerprint density at radius 3 is 2.59 bits per heavy atom. The molecule has 2 heterocycles. The number of piperidine rings is 1. The zero-order chi connectivity index (χ0) is 15.4. The molecule has 1 aliphatic rings. The average molecular weight is 299 g/mol. The molecule has 1 aromatic carbocycles. The second-order valence-corrected chi connectivity index (χ2v) is 5.23. The van der Waals surface area contributed by atoms with E-state index in [9.17, 15) is 4.79 Å². The van der Waals surface area contributed by atoms with E-state index in [4.69, 9.17) is 9.84 Å². The molecule has 0 spiro atoms. The molecule has 114 valence electrons. The molecular formula is C16H17N3O3. The molecule has 0 radical (unpaired) electrons. The number of hydrogen-bond donors (Lipinski definition) is 1. The summed E-state index contributed by atoms with van der Waals surface area (Å²) in [5.41, 5.74) is 0. The van der Waals surface area contributed by atoms with Crippen LogP contribution in [-0.4, -0.2) is 34.1 Å². The number of nitrogens with zero attached hydrogens (tertiary/aromatic N) is 3. The molecule has 0 aliphatic carbocycles. The minimum absolute atomic E-state index is 0.252. The highest BCUT2D eigenvalue weighted by Crippen LogP contribution is 2.25. The van der Waals surface area contributed by atoms with Crippen LogP contribution in [0.25, 0.3) is 0 Å². The minimum Gasteiger partial charge on any atom is -0.481 e. The summed E-state index contributed by atoms with van der Waals surface area (Å²) >= 11 is 0. The van der Waals surface area contributed by atoms with Crippen molar-refractivity contribution < 1.29 is 14.6 Å². The fraction of sp³-hybridized carbons (Fsp3) is 0.312. The van der Waals surface area contributed by atoms with Crippen LogP contribution in [0.5, 0.6) is 11.6 Å². The number of rotatable bonds is 4. The summed E-state index contributed by atoms with van der Waals surface area (Å²) in [6, 6.07) is 11.2. The lowest BCUT2D eigenvalue weighted by Gasteiger charge is -2.30. The Kier molecular flexibility index (Phi) is 4.18. The summed E-state index contributed by atoms with van der Waals surface area (Å²) < 4.78 is 5.70. The monoisotopic (exact) mass is 299 g/mol. The Bertz CT molecular complexity index is 640. The first-order chi connectivity index (χ1) is 10.7. The summed E-state index contributed by atoms with van der Waals surface area (Å²) in [6.45, 7) is 1.36. The maximum Gasteiger partial charge on any atom is 0.306 e. The quantitative estimate of drug-likeness (QED) is 0.935. The number of aromatic nitrogens is 2. The van der Waals surface area contributed by atoms with Crippen LogP contribution >= 0.6 is 0 Å². The largest absolute Gasteiger partial charge is 0.481 e. The number of carbonyl (C=O) groups is 1. The van der Waals surface area contributed by atoms with Gasteiger partial charge in [-0.05, 0) is 25.0 Å². The topological polar surface area (TPSA) is 75.5 Å². The number of carboxylic acids is 1. The van der Waals surface area contributed by atoms with Gasteiger partial charge in [-0.15, -0.1) is 0 Å². The van der Waals surface area contributed by atoms with Gasteiger partial charge in [0.25, 0.3) is 0 Å². The number of aliphatic carboxylic acids is 1. The van der Waals surface area contributed by atoms with Crippen LogP contribution < -0.4 is 9.64 Å². The fourth-order valence-electron chi connectivity index (χ4n) is 2.52. The number of hydrogen-bond acceptors (Lipinski definition) is 5. The van der Waals surface area contributed by atoms with Gasteiger partial charge >= 0.3 is 5.97 Å². The lowest BCUT2D eigenvalue weighted by molar-refractivity contribution is -0.142. The molecule has 0 bridgehead atoms. The molecule has 0 amide bonds. The van der Waals surface area contributed by atoms with E-state index in [1.165, 1.54) is 6.33 Å². The van der Waals surface area contributed by atoms with Crippen molar-refractivity contribution in [2.75, 3.05) is 18.0 Å². The van der Waals surface area contributed by atoms with E-state index in [-0.39, 0.29) is 5.92 Å². The van der Waals surface area contributed by atoms with Crippen molar-refractivity contribution >= 4 is 11.8 Å². The Balaban J connectivity index is 1.68. The van der Waals surface area contributed by atoms with E-state index < -0.39 is 5.97 Å². The number of benzene rings is 1. The molecule has 0 atom stereocenters. The van der Waals surface area contributed by atoms with E-state index in [1.54, 1.807) is 6.07 Å². The molecule has 2 aromatic rings. The first-order valence-corrected chi connectivity index (χ1v) is 7.25. The molecule has 6 heteroatoms. The van der Waals surface area contributed by atoms with Gasteiger partial charge in [0.15, 0.2) is 0 Å². The highest BCUT2D eigenvalue weighted by molar-refractivity contribution is 5.70. The Morgan fingerprint density at radius 2 is 1.91 bits per heavy atom. The van der Waals surface area contributed by atoms with Gasteiger partial charge in [0, 0.05) is 19.2 Å². The highest BCUT2D eigenvalue weighted by Gasteiger charge is 2.25. The maximum absolute atomic E-state index is 11.0. The van der Waals surface area contributed by atoms with E-state index in [0.717, 1.165) is 11.6 Å². The molecule has 1 aliphatic heterocycles. The molecule has 1 saturated heterocycles. The fourth-order valence-corrected chi connectivity index (χ4v) is 2.52. The predicted molar refractivity (Wildman–Crippen MR) is 81.1 cm³/mol. The van der Waals surface area contributed by atoms with Crippen LogP contribution in [0.1, 0.15) is 12.8 Å². The van der Waals surface area contributed by atoms with Crippen LogP contribution in [0.3, 0.4) is 0 Å². The summed E-state index contributed by atoms with van der Waals surface area (Å²) in [4.78, 5) is 21.4. The standard InChI is InChI=1S/C16H17N3O3/c20-16(21)12-6-8-19(9-7-12)14-10-15(18-11-17-14)22-13-4-2-1-3-5-13/h1-5,10-12H,6-9H2,(H,20,21). The zero-order valence-corrected chi connectivity index (χ0v) is 12.1. The maximum atomic E-state index is 11.0. The second kappa shape index (κ2) is 6.43. The molecule has 6 nitrogen and oxygen atoms in total.